The van der Waals surface area contributed by atoms with Gasteiger partial charge in [-0.3, -0.25) is 4.79 Å². The molecule has 1 N–H and O–H groups in total. The molecule has 40 heavy (non-hydrogen) atoms. The highest BCUT2D eigenvalue weighted by Crippen LogP contribution is 2.28. The van der Waals surface area contributed by atoms with Crippen LogP contribution in [0.1, 0.15) is 22.8 Å². The van der Waals surface area contributed by atoms with Crippen molar-refractivity contribution in [1.82, 2.24) is 5.43 Å². The summed E-state index contributed by atoms with van der Waals surface area (Å²) in [5, 5.41) is 4.02. The molecule has 4 aromatic rings. The highest BCUT2D eigenvalue weighted by molar-refractivity contribution is 5.92. The van der Waals surface area contributed by atoms with Crippen molar-refractivity contribution in [1.29, 1.82) is 0 Å². The minimum absolute atomic E-state index is 0.232. The first-order chi connectivity index (χ1) is 19.6. The Morgan fingerprint density at radius 2 is 1.43 bits per heavy atom. The van der Waals surface area contributed by atoms with Crippen molar-refractivity contribution in [2.24, 2.45) is 5.10 Å². The highest BCUT2D eigenvalue weighted by atomic mass is 16.7. The van der Waals surface area contributed by atoms with Gasteiger partial charge in [0.1, 0.15) is 17.2 Å². The Hall–Kier alpha value is -5.31. The third kappa shape index (κ3) is 7.84. The molecule has 0 aliphatic rings. The number of carbonyl (C=O) groups excluding carboxylic acids is 2. The Balaban J connectivity index is 1.40. The predicted octanol–water partition coefficient (Wildman–Crippen LogP) is 5.25. The number of hydrazone groups is 1. The Morgan fingerprint density at radius 1 is 0.800 bits per heavy atom. The number of hydrogen-bond acceptors (Lipinski definition) is 8. The van der Waals surface area contributed by atoms with E-state index in [0.29, 0.717) is 40.7 Å². The van der Waals surface area contributed by atoms with E-state index in [9.17, 15) is 9.59 Å². The summed E-state index contributed by atoms with van der Waals surface area (Å²) in [5.41, 5.74) is 3.39. The van der Waals surface area contributed by atoms with Gasteiger partial charge in [-0.2, -0.15) is 5.10 Å². The van der Waals surface area contributed by atoms with Gasteiger partial charge in [-0.25, -0.2) is 10.2 Å². The van der Waals surface area contributed by atoms with Crippen molar-refractivity contribution in [2.75, 3.05) is 13.7 Å². The van der Waals surface area contributed by atoms with E-state index in [1.54, 1.807) is 91.0 Å². The maximum atomic E-state index is 12.9. The topological polar surface area (TPSA) is 105 Å². The van der Waals surface area contributed by atoms with Crippen molar-refractivity contribution in [2.45, 2.75) is 13.2 Å². The summed E-state index contributed by atoms with van der Waals surface area (Å²) in [4.78, 5) is 25.5. The Kier molecular flexibility index (Phi) is 9.71. The molecule has 0 bridgehead atoms. The van der Waals surface area contributed by atoms with E-state index in [1.807, 2.05) is 19.1 Å². The molecule has 4 rings (SSSR count). The van der Waals surface area contributed by atoms with Gasteiger partial charge in [-0.1, -0.05) is 36.4 Å². The molecule has 0 heterocycles. The average Bonchev–Trinajstić information content (AvgIpc) is 2.99. The van der Waals surface area contributed by atoms with Gasteiger partial charge < -0.3 is 23.7 Å². The first-order valence-corrected chi connectivity index (χ1v) is 12.4. The Morgan fingerprint density at radius 3 is 2.00 bits per heavy atom. The van der Waals surface area contributed by atoms with E-state index >= 15 is 0 Å². The second kappa shape index (κ2) is 14.0. The first-order valence-electron chi connectivity index (χ1n) is 12.4. The second-order valence-electron chi connectivity index (χ2n) is 8.19. The lowest BCUT2D eigenvalue weighted by Crippen LogP contribution is -2.40. The predicted molar refractivity (Wildman–Crippen MR) is 149 cm³/mol. The molecular weight excluding hydrogens is 512 g/mol. The van der Waals surface area contributed by atoms with Crippen LogP contribution in [-0.4, -0.2) is 38.1 Å². The summed E-state index contributed by atoms with van der Waals surface area (Å²) in [6, 6.07) is 29.2. The fourth-order valence-corrected chi connectivity index (χ4v) is 3.46. The lowest BCUT2D eigenvalue weighted by molar-refractivity contribution is -0.140. The number of methoxy groups -OCH3 is 1. The maximum Gasteiger partial charge on any atom is 0.343 e. The monoisotopic (exact) mass is 540 g/mol. The molecule has 0 saturated heterocycles. The number of esters is 1. The van der Waals surface area contributed by atoms with Crippen LogP contribution >= 0.6 is 0 Å². The largest absolute Gasteiger partial charge is 0.494 e. The summed E-state index contributed by atoms with van der Waals surface area (Å²) in [6.45, 7) is 2.41. The normalized spacial score (nSPS) is 10.7. The summed E-state index contributed by atoms with van der Waals surface area (Å²) in [5.74, 6) is 0.972. The van der Waals surface area contributed by atoms with Gasteiger partial charge in [0.15, 0.2) is 11.5 Å². The molecule has 4 aromatic carbocycles. The minimum atomic E-state index is -1.29. The molecule has 204 valence electrons. The van der Waals surface area contributed by atoms with Gasteiger partial charge in [0.05, 0.1) is 25.5 Å². The molecule has 9 heteroatoms. The van der Waals surface area contributed by atoms with Crippen LogP contribution in [-0.2, 0) is 4.79 Å². The maximum absolute atomic E-state index is 12.9. The van der Waals surface area contributed by atoms with Gasteiger partial charge >= 0.3 is 18.2 Å². The zero-order valence-electron chi connectivity index (χ0n) is 22.0. The quantitative estimate of drug-likeness (QED) is 0.0861. The minimum Gasteiger partial charge on any atom is -0.494 e. The fourth-order valence-electron chi connectivity index (χ4n) is 3.46. The molecular formula is C31H28N2O7. The SMILES string of the molecule is CCOc1ccc(C(=O)Oc2ccc(/C=N\NC(=O)C(Oc3ccccc3)Oc3ccccc3)cc2OC)cc1. The van der Waals surface area contributed by atoms with E-state index in [2.05, 4.69) is 10.5 Å². The van der Waals surface area contributed by atoms with Crippen LogP contribution in [0.4, 0.5) is 0 Å². The van der Waals surface area contributed by atoms with Crippen LogP contribution in [0.25, 0.3) is 0 Å². The van der Waals surface area contributed by atoms with Crippen molar-refractivity contribution in [3.05, 3.63) is 114 Å². The second-order valence-corrected chi connectivity index (χ2v) is 8.19. The van der Waals surface area contributed by atoms with Crippen LogP contribution in [0.3, 0.4) is 0 Å². The van der Waals surface area contributed by atoms with E-state index in [-0.39, 0.29) is 5.75 Å². The molecule has 0 radical (unpaired) electrons. The smallest absolute Gasteiger partial charge is 0.343 e. The van der Waals surface area contributed by atoms with E-state index in [1.165, 1.54) is 13.3 Å². The van der Waals surface area contributed by atoms with Gasteiger partial charge in [-0.15, -0.1) is 0 Å². The number of rotatable bonds is 12. The average molecular weight is 541 g/mol. The highest BCUT2D eigenvalue weighted by Gasteiger charge is 2.22. The molecule has 0 atom stereocenters. The number of carbonyl (C=O) groups is 2. The number of nitrogens with zero attached hydrogens (tertiary/aromatic N) is 1. The first kappa shape index (κ1) is 27.7. The Bertz CT molecular complexity index is 1380. The molecule has 0 spiro atoms. The summed E-state index contributed by atoms with van der Waals surface area (Å²) in [6.07, 6.45) is 0.126. The summed E-state index contributed by atoms with van der Waals surface area (Å²) in [7, 11) is 1.46. The number of hydrogen-bond donors (Lipinski definition) is 1. The molecule has 0 aliphatic heterocycles. The number of benzene rings is 4. The van der Waals surface area contributed by atoms with Crippen LogP contribution in [0.5, 0.6) is 28.7 Å². The molecule has 0 saturated carbocycles. The van der Waals surface area contributed by atoms with Crippen LogP contribution < -0.4 is 29.1 Å². The third-order valence-electron chi connectivity index (χ3n) is 5.37. The van der Waals surface area contributed by atoms with Crippen molar-refractivity contribution in [3.8, 4) is 28.7 Å². The van der Waals surface area contributed by atoms with E-state index in [0.717, 1.165) is 0 Å². The number of para-hydroxylation sites is 2. The van der Waals surface area contributed by atoms with Gasteiger partial charge in [0.25, 0.3) is 0 Å². The van der Waals surface area contributed by atoms with Crippen LogP contribution in [0.2, 0.25) is 0 Å². The lowest BCUT2D eigenvalue weighted by Gasteiger charge is -2.18. The van der Waals surface area contributed by atoms with Gasteiger partial charge in [0, 0.05) is 0 Å². The molecule has 1 amide bonds. The van der Waals surface area contributed by atoms with Gasteiger partial charge in [0.2, 0.25) is 0 Å². The zero-order valence-corrected chi connectivity index (χ0v) is 22.0. The van der Waals surface area contributed by atoms with Crippen molar-refractivity contribution in [3.63, 3.8) is 0 Å². The van der Waals surface area contributed by atoms with E-state index < -0.39 is 18.2 Å². The zero-order chi connectivity index (χ0) is 28.2. The molecule has 0 aliphatic carbocycles. The number of ether oxygens (including phenoxy) is 5. The third-order valence-corrected chi connectivity index (χ3v) is 5.37. The van der Waals surface area contributed by atoms with Crippen LogP contribution in [0.15, 0.2) is 108 Å². The summed E-state index contributed by atoms with van der Waals surface area (Å²) >= 11 is 0. The molecule has 0 aromatic heterocycles. The molecule has 0 fully saturated rings. The van der Waals surface area contributed by atoms with Gasteiger partial charge in [-0.05, 0) is 79.2 Å². The molecule has 9 nitrogen and oxygen atoms in total. The fraction of sp³-hybridized carbons (Fsp3) is 0.129. The van der Waals surface area contributed by atoms with Crippen molar-refractivity contribution >= 4 is 18.1 Å². The van der Waals surface area contributed by atoms with E-state index in [4.69, 9.17) is 23.7 Å². The number of nitrogens with one attached hydrogen (secondary N) is 1. The molecule has 0 unspecified atom stereocenters. The van der Waals surface area contributed by atoms with Crippen LogP contribution in [0, 0.1) is 0 Å². The number of amides is 1. The summed E-state index contributed by atoms with van der Waals surface area (Å²) < 4.78 is 27.8. The van der Waals surface area contributed by atoms with Crippen molar-refractivity contribution < 1.29 is 33.3 Å². The standard InChI is InChI=1S/C31H28N2O7/c1-3-37-24-17-15-23(16-18-24)30(35)40-27-19-14-22(20-28(27)36-2)21-32-33-29(34)31(38-25-10-6-4-7-11-25)39-26-12-8-5-9-13-26/h4-21,31H,3H2,1-2H3,(H,33,34)/b32-21-. The Labute approximate surface area is 231 Å². The lowest BCUT2D eigenvalue weighted by atomic mass is 10.2.